The van der Waals surface area contributed by atoms with Gasteiger partial charge in [0, 0.05) is 25.5 Å². The number of imidazole rings is 1. The summed E-state index contributed by atoms with van der Waals surface area (Å²) in [5.41, 5.74) is 2.11. The van der Waals surface area contributed by atoms with Crippen molar-refractivity contribution in [3.63, 3.8) is 0 Å². The van der Waals surface area contributed by atoms with Gasteiger partial charge in [-0.1, -0.05) is 12.1 Å². The maximum atomic E-state index is 8.99. The summed E-state index contributed by atoms with van der Waals surface area (Å²) in [6.07, 6.45) is 2.33. The van der Waals surface area contributed by atoms with Crippen LogP contribution in [0.1, 0.15) is 18.7 Å². The minimum Gasteiger partial charge on any atom is -0.396 e. The summed E-state index contributed by atoms with van der Waals surface area (Å²) >= 11 is 12.2. The van der Waals surface area contributed by atoms with E-state index in [4.69, 9.17) is 28.3 Å². The van der Waals surface area contributed by atoms with Gasteiger partial charge >= 0.3 is 0 Å². The number of halogens is 2. The molecule has 0 bridgehead atoms. The lowest BCUT2D eigenvalue weighted by molar-refractivity contribution is 0.287. The van der Waals surface area contributed by atoms with Gasteiger partial charge in [0.25, 0.3) is 0 Å². The standard InChI is InChI=1S/C14H16Cl2N2O/c15-14(16)8-10(14)9-18-12-5-2-1-4-11(12)17-13(18)6-3-7-19/h1-2,4-5,10,19H,3,6-9H2/t10-/m1/s1. The lowest BCUT2D eigenvalue weighted by atomic mass is 10.3. The molecule has 0 spiro atoms. The average Bonchev–Trinajstić information content (AvgIpc) is 2.84. The van der Waals surface area contributed by atoms with Crippen molar-refractivity contribution in [2.75, 3.05) is 6.61 Å². The van der Waals surface area contributed by atoms with Crippen LogP contribution in [0.2, 0.25) is 0 Å². The molecule has 0 unspecified atom stereocenters. The molecule has 0 amide bonds. The molecule has 1 aliphatic rings. The zero-order chi connectivity index (χ0) is 13.5. The summed E-state index contributed by atoms with van der Waals surface area (Å²) in [6, 6.07) is 8.07. The van der Waals surface area contributed by atoms with E-state index in [-0.39, 0.29) is 6.61 Å². The van der Waals surface area contributed by atoms with E-state index in [9.17, 15) is 0 Å². The van der Waals surface area contributed by atoms with Gasteiger partial charge < -0.3 is 9.67 Å². The topological polar surface area (TPSA) is 38.1 Å². The van der Waals surface area contributed by atoms with Crippen LogP contribution < -0.4 is 0 Å². The lowest BCUT2D eigenvalue weighted by Crippen LogP contribution is -2.08. The van der Waals surface area contributed by atoms with E-state index in [1.54, 1.807) is 0 Å². The average molecular weight is 299 g/mol. The third-order valence-electron chi connectivity index (χ3n) is 3.65. The lowest BCUT2D eigenvalue weighted by Gasteiger charge is -2.09. The van der Waals surface area contributed by atoms with Crippen LogP contribution in [0.5, 0.6) is 0 Å². The molecule has 1 heterocycles. The first-order valence-electron chi connectivity index (χ1n) is 6.54. The van der Waals surface area contributed by atoms with Crippen molar-refractivity contribution in [3.05, 3.63) is 30.1 Å². The highest BCUT2D eigenvalue weighted by Gasteiger charge is 2.51. The highest BCUT2D eigenvalue weighted by molar-refractivity contribution is 6.50. The van der Waals surface area contributed by atoms with Crippen LogP contribution in [0.4, 0.5) is 0 Å². The van der Waals surface area contributed by atoms with Gasteiger partial charge in [-0.3, -0.25) is 0 Å². The Kier molecular flexibility index (Phi) is 3.46. The number of hydrogen-bond donors (Lipinski definition) is 1. The molecule has 3 nitrogen and oxygen atoms in total. The number of fused-ring (bicyclic) bond motifs is 1. The van der Waals surface area contributed by atoms with Gasteiger partial charge in [0.05, 0.1) is 11.0 Å². The SMILES string of the molecule is OCCCc1nc2ccccc2n1C[C@H]1CC1(Cl)Cl. The Bertz CT molecular complexity index is 594. The van der Waals surface area contributed by atoms with Crippen LogP contribution in [-0.4, -0.2) is 25.6 Å². The summed E-state index contributed by atoms with van der Waals surface area (Å²) in [6.45, 7) is 0.982. The van der Waals surface area contributed by atoms with Gasteiger partial charge in [-0.2, -0.15) is 0 Å². The molecule has 2 aromatic rings. The van der Waals surface area contributed by atoms with Gasteiger partial charge in [-0.15, -0.1) is 23.2 Å². The van der Waals surface area contributed by atoms with E-state index in [0.717, 1.165) is 42.7 Å². The number of aliphatic hydroxyl groups excluding tert-OH is 1. The largest absolute Gasteiger partial charge is 0.396 e. The minimum absolute atomic E-state index is 0.182. The van der Waals surface area contributed by atoms with Gasteiger partial charge in [-0.25, -0.2) is 4.98 Å². The molecule has 1 aromatic carbocycles. The molecule has 5 heteroatoms. The van der Waals surface area contributed by atoms with Crippen molar-refractivity contribution in [1.82, 2.24) is 9.55 Å². The molecule has 1 atom stereocenters. The molecule has 1 N–H and O–H groups in total. The van der Waals surface area contributed by atoms with Crippen molar-refractivity contribution in [3.8, 4) is 0 Å². The number of aliphatic hydroxyl groups is 1. The molecule has 1 fully saturated rings. The molecule has 0 saturated heterocycles. The number of rotatable bonds is 5. The number of hydrogen-bond acceptors (Lipinski definition) is 2. The molecule has 1 aromatic heterocycles. The van der Waals surface area contributed by atoms with Crippen LogP contribution in [0.3, 0.4) is 0 Å². The third kappa shape index (κ3) is 2.60. The Morgan fingerprint density at radius 2 is 2.11 bits per heavy atom. The Labute approximate surface area is 122 Å². The number of aryl methyl sites for hydroxylation is 1. The summed E-state index contributed by atoms with van der Waals surface area (Å²) in [4.78, 5) is 4.64. The molecule has 3 rings (SSSR count). The normalized spacial score (nSPS) is 20.9. The van der Waals surface area contributed by atoms with Crippen molar-refractivity contribution in [2.45, 2.75) is 30.1 Å². The molecule has 1 saturated carbocycles. The highest BCUT2D eigenvalue weighted by atomic mass is 35.5. The minimum atomic E-state index is -0.570. The molecule has 19 heavy (non-hydrogen) atoms. The van der Waals surface area contributed by atoms with Crippen molar-refractivity contribution in [2.24, 2.45) is 5.92 Å². The van der Waals surface area contributed by atoms with Crippen LogP contribution >= 0.6 is 23.2 Å². The zero-order valence-electron chi connectivity index (χ0n) is 10.5. The Morgan fingerprint density at radius 1 is 1.37 bits per heavy atom. The first-order valence-corrected chi connectivity index (χ1v) is 7.30. The zero-order valence-corrected chi connectivity index (χ0v) is 12.0. The van der Waals surface area contributed by atoms with Crippen molar-refractivity contribution in [1.29, 1.82) is 0 Å². The molecule has 0 radical (unpaired) electrons. The molecular weight excluding hydrogens is 283 g/mol. The second-order valence-corrected chi connectivity index (χ2v) is 6.66. The van der Waals surface area contributed by atoms with Crippen LogP contribution in [-0.2, 0) is 13.0 Å². The summed E-state index contributed by atoms with van der Waals surface area (Å²) in [5.74, 6) is 1.30. The number of para-hydroxylation sites is 2. The van der Waals surface area contributed by atoms with Gasteiger partial charge in [0.1, 0.15) is 10.2 Å². The van der Waals surface area contributed by atoms with Crippen molar-refractivity contribution < 1.29 is 5.11 Å². The quantitative estimate of drug-likeness (QED) is 0.861. The van der Waals surface area contributed by atoms with Gasteiger partial charge in [0.15, 0.2) is 0 Å². The first-order chi connectivity index (χ1) is 9.12. The second kappa shape index (κ2) is 4.97. The second-order valence-electron chi connectivity index (χ2n) is 5.12. The summed E-state index contributed by atoms with van der Waals surface area (Å²) in [5, 5.41) is 8.99. The number of alkyl halides is 2. The first kappa shape index (κ1) is 13.2. The molecule has 1 aliphatic carbocycles. The fraction of sp³-hybridized carbons (Fsp3) is 0.500. The molecular formula is C14H16Cl2N2O. The van der Waals surface area contributed by atoms with Gasteiger partial charge in [-0.05, 0) is 25.0 Å². The van der Waals surface area contributed by atoms with E-state index in [1.807, 2.05) is 18.2 Å². The van der Waals surface area contributed by atoms with Crippen molar-refractivity contribution >= 4 is 34.2 Å². The number of benzene rings is 1. The van der Waals surface area contributed by atoms with Crippen LogP contribution in [0, 0.1) is 5.92 Å². The summed E-state index contributed by atoms with van der Waals surface area (Å²) in [7, 11) is 0. The van der Waals surface area contributed by atoms with Crippen LogP contribution in [0.15, 0.2) is 24.3 Å². The van der Waals surface area contributed by atoms with E-state index < -0.39 is 4.33 Å². The Morgan fingerprint density at radius 3 is 2.79 bits per heavy atom. The van der Waals surface area contributed by atoms with E-state index in [2.05, 4.69) is 15.6 Å². The van der Waals surface area contributed by atoms with E-state index in [0.29, 0.717) is 5.92 Å². The Balaban J connectivity index is 1.94. The number of nitrogens with zero attached hydrogens (tertiary/aromatic N) is 2. The predicted octanol–water partition coefficient (Wildman–Crippen LogP) is 3.16. The molecule has 0 aliphatic heterocycles. The van der Waals surface area contributed by atoms with E-state index >= 15 is 0 Å². The summed E-state index contributed by atoms with van der Waals surface area (Å²) < 4.78 is 1.63. The van der Waals surface area contributed by atoms with E-state index in [1.165, 1.54) is 0 Å². The number of aromatic nitrogens is 2. The highest BCUT2D eigenvalue weighted by Crippen LogP contribution is 2.54. The monoisotopic (exact) mass is 298 g/mol. The smallest absolute Gasteiger partial charge is 0.123 e. The maximum Gasteiger partial charge on any atom is 0.123 e. The predicted molar refractivity (Wildman–Crippen MR) is 77.7 cm³/mol. The Hall–Kier alpha value is -0.770. The fourth-order valence-corrected chi connectivity index (χ4v) is 2.96. The third-order valence-corrected chi connectivity index (χ3v) is 4.58. The molecule has 102 valence electrons. The van der Waals surface area contributed by atoms with Crippen LogP contribution in [0.25, 0.3) is 11.0 Å². The fourth-order valence-electron chi connectivity index (χ4n) is 2.45. The maximum absolute atomic E-state index is 8.99. The van der Waals surface area contributed by atoms with Gasteiger partial charge in [0.2, 0.25) is 0 Å².